The van der Waals surface area contributed by atoms with Crippen molar-refractivity contribution in [3.05, 3.63) is 77.1 Å². The zero-order chi connectivity index (χ0) is 20.7. The van der Waals surface area contributed by atoms with Crippen molar-refractivity contribution in [3.63, 3.8) is 0 Å². The molecule has 7 heteroatoms. The van der Waals surface area contributed by atoms with Crippen LogP contribution in [0.15, 0.2) is 54.6 Å². The third kappa shape index (κ3) is 2.95. The van der Waals surface area contributed by atoms with Gasteiger partial charge in [-0.05, 0) is 25.5 Å². The molecule has 150 valence electrons. The highest BCUT2D eigenvalue weighted by Crippen LogP contribution is 2.26. The number of aromatic nitrogens is 6. The molecule has 1 N–H and O–H groups in total. The number of benzene rings is 2. The SMILES string of the molecule is Cc1nn(-c2nnc3c4ccccc4n(CCO)c3n2)c(C)c1Cc1ccccc1. The van der Waals surface area contributed by atoms with Gasteiger partial charge in [-0.2, -0.15) is 10.1 Å². The monoisotopic (exact) mass is 398 g/mol. The molecule has 7 nitrogen and oxygen atoms in total. The summed E-state index contributed by atoms with van der Waals surface area (Å²) in [6.45, 7) is 4.51. The number of aliphatic hydroxyl groups excluding tert-OH is 1. The maximum absolute atomic E-state index is 9.57. The molecule has 0 spiro atoms. The summed E-state index contributed by atoms with van der Waals surface area (Å²) in [5.74, 6) is 0.435. The van der Waals surface area contributed by atoms with Crippen molar-refractivity contribution in [2.45, 2.75) is 26.8 Å². The number of hydrogen-bond acceptors (Lipinski definition) is 5. The summed E-state index contributed by atoms with van der Waals surface area (Å²) in [6.07, 6.45) is 0.805. The van der Waals surface area contributed by atoms with Crippen LogP contribution in [0, 0.1) is 13.8 Å². The molecule has 30 heavy (non-hydrogen) atoms. The number of hydrogen-bond donors (Lipinski definition) is 1. The Bertz CT molecular complexity index is 1350. The molecule has 0 saturated carbocycles. The molecule has 3 heterocycles. The van der Waals surface area contributed by atoms with E-state index in [1.807, 2.05) is 60.9 Å². The van der Waals surface area contributed by atoms with E-state index in [1.54, 1.807) is 4.68 Å². The van der Waals surface area contributed by atoms with E-state index < -0.39 is 0 Å². The standard InChI is InChI=1S/C23H22N6O/c1-15-19(14-17-8-4-3-5-9-17)16(2)29(27-15)23-24-22-21(25-26-23)18-10-6-7-11-20(18)28(22)12-13-30/h3-11,30H,12-14H2,1-2H3. The van der Waals surface area contributed by atoms with Crippen LogP contribution in [0.3, 0.4) is 0 Å². The fourth-order valence-corrected chi connectivity index (χ4v) is 4.04. The highest BCUT2D eigenvalue weighted by atomic mass is 16.3. The minimum Gasteiger partial charge on any atom is -0.395 e. The molecule has 3 aromatic heterocycles. The normalized spacial score (nSPS) is 11.6. The number of rotatable bonds is 5. The first-order valence-electron chi connectivity index (χ1n) is 9.99. The van der Waals surface area contributed by atoms with Crippen molar-refractivity contribution >= 4 is 22.1 Å². The lowest BCUT2D eigenvalue weighted by atomic mass is 10.0. The topological polar surface area (TPSA) is 81.7 Å². The van der Waals surface area contributed by atoms with E-state index in [-0.39, 0.29) is 6.61 Å². The highest BCUT2D eigenvalue weighted by molar-refractivity contribution is 6.04. The second kappa shape index (κ2) is 7.35. The first kappa shape index (κ1) is 18.4. The summed E-state index contributed by atoms with van der Waals surface area (Å²) in [7, 11) is 0. The Kier molecular flexibility index (Phi) is 4.52. The van der Waals surface area contributed by atoms with Gasteiger partial charge in [0.05, 0.1) is 17.8 Å². The van der Waals surface area contributed by atoms with Crippen molar-refractivity contribution in [1.29, 1.82) is 0 Å². The molecule has 0 aliphatic rings. The smallest absolute Gasteiger partial charge is 0.272 e. The van der Waals surface area contributed by atoms with Gasteiger partial charge in [0, 0.05) is 29.6 Å². The van der Waals surface area contributed by atoms with Gasteiger partial charge in [-0.15, -0.1) is 10.2 Å². The second-order valence-corrected chi connectivity index (χ2v) is 7.40. The predicted molar refractivity (Wildman–Crippen MR) is 116 cm³/mol. The summed E-state index contributed by atoms with van der Waals surface area (Å²) < 4.78 is 3.75. The van der Waals surface area contributed by atoms with Crippen molar-refractivity contribution in [1.82, 2.24) is 29.5 Å². The molecule has 0 bridgehead atoms. The summed E-state index contributed by atoms with van der Waals surface area (Å²) in [4.78, 5) is 4.80. The Hall–Kier alpha value is -3.58. The molecule has 0 radical (unpaired) electrons. The van der Waals surface area contributed by atoms with Gasteiger partial charge in [0.2, 0.25) is 0 Å². The first-order chi connectivity index (χ1) is 14.7. The molecular weight excluding hydrogens is 376 g/mol. The van der Waals surface area contributed by atoms with E-state index in [4.69, 9.17) is 10.1 Å². The molecule has 0 saturated heterocycles. The second-order valence-electron chi connectivity index (χ2n) is 7.40. The Balaban J connectivity index is 1.64. The van der Waals surface area contributed by atoms with Crippen molar-refractivity contribution in [2.75, 3.05) is 6.61 Å². The van der Waals surface area contributed by atoms with Crippen LogP contribution in [-0.4, -0.2) is 41.2 Å². The molecule has 5 aromatic rings. The molecular formula is C23H22N6O. The summed E-state index contributed by atoms with van der Waals surface area (Å²) in [6, 6.07) is 18.3. The van der Waals surface area contributed by atoms with Crippen molar-refractivity contribution < 1.29 is 5.11 Å². The van der Waals surface area contributed by atoms with E-state index >= 15 is 0 Å². The molecule has 0 fully saturated rings. The Morgan fingerprint density at radius 1 is 0.933 bits per heavy atom. The summed E-state index contributed by atoms with van der Waals surface area (Å²) in [5.41, 5.74) is 6.78. The van der Waals surface area contributed by atoms with Gasteiger partial charge in [-0.25, -0.2) is 4.68 Å². The molecule has 0 amide bonds. The quantitative estimate of drug-likeness (QED) is 0.491. The van der Waals surface area contributed by atoms with Gasteiger partial charge in [0.1, 0.15) is 5.52 Å². The van der Waals surface area contributed by atoms with Gasteiger partial charge in [-0.1, -0.05) is 48.5 Å². The highest BCUT2D eigenvalue weighted by Gasteiger charge is 2.18. The van der Waals surface area contributed by atoms with Crippen LogP contribution in [0.25, 0.3) is 28.0 Å². The lowest BCUT2D eigenvalue weighted by molar-refractivity contribution is 0.279. The number of nitrogens with zero attached hydrogens (tertiary/aromatic N) is 6. The van der Waals surface area contributed by atoms with Crippen LogP contribution in [-0.2, 0) is 13.0 Å². The van der Waals surface area contributed by atoms with E-state index in [9.17, 15) is 5.11 Å². The van der Waals surface area contributed by atoms with E-state index in [2.05, 4.69) is 22.3 Å². The average Bonchev–Trinajstić information content (AvgIpc) is 3.24. The lowest BCUT2D eigenvalue weighted by Crippen LogP contribution is -2.09. The average molecular weight is 398 g/mol. The molecule has 5 rings (SSSR count). The zero-order valence-electron chi connectivity index (χ0n) is 16.9. The molecule has 2 aromatic carbocycles. The number of fused-ring (bicyclic) bond motifs is 3. The lowest BCUT2D eigenvalue weighted by Gasteiger charge is -2.06. The number of para-hydroxylation sites is 1. The van der Waals surface area contributed by atoms with Gasteiger partial charge in [0.15, 0.2) is 5.65 Å². The largest absolute Gasteiger partial charge is 0.395 e. The minimum atomic E-state index is 0.0221. The number of aliphatic hydroxyl groups is 1. The van der Waals surface area contributed by atoms with Crippen LogP contribution >= 0.6 is 0 Å². The summed E-state index contributed by atoms with van der Waals surface area (Å²) in [5, 5.41) is 24.1. The molecule has 0 atom stereocenters. The maximum atomic E-state index is 9.57. The first-order valence-corrected chi connectivity index (χ1v) is 9.99. The van der Waals surface area contributed by atoms with Gasteiger partial charge < -0.3 is 9.67 Å². The minimum absolute atomic E-state index is 0.0221. The van der Waals surface area contributed by atoms with Crippen LogP contribution < -0.4 is 0 Å². The maximum Gasteiger partial charge on any atom is 0.272 e. The van der Waals surface area contributed by atoms with Gasteiger partial charge in [-0.3, -0.25) is 0 Å². The Labute approximate surface area is 173 Å². The Morgan fingerprint density at radius 2 is 1.70 bits per heavy atom. The van der Waals surface area contributed by atoms with E-state index in [0.29, 0.717) is 18.1 Å². The van der Waals surface area contributed by atoms with Crippen molar-refractivity contribution in [3.8, 4) is 5.95 Å². The number of aryl methyl sites for hydroxylation is 1. The van der Waals surface area contributed by atoms with Crippen LogP contribution in [0.4, 0.5) is 0 Å². The Morgan fingerprint density at radius 3 is 2.50 bits per heavy atom. The van der Waals surface area contributed by atoms with Crippen molar-refractivity contribution in [2.24, 2.45) is 0 Å². The molecule has 0 aliphatic carbocycles. The van der Waals surface area contributed by atoms with Gasteiger partial charge >= 0.3 is 0 Å². The third-order valence-electron chi connectivity index (χ3n) is 5.54. The molecule has 0 aliphatic heterocycles. The van der Waals surface area contributed by atoms with Crippen LogP contribution in [0.2, 0.25) is 0 Å². The van der Waals surface area contributed by atoms with Gasteiger partial charge in [0.25, 0.3) is 5.95 Å². The van der Waals surface area contributed by atoms with E-state index in [0.717, 1.165) is 34.2 Å². The summed E-state index contributed by atoms with van der Waals surface area (Å²) >= 11 is 0. The predicted octanol–water partition coefficient (Wildman–Crippen LogP) is 3.37. The zero-order valence-corrected chi connectivity index (χ0v) is 16.9. The van der Waals surface area contributed by atoms with E-state index in [1.165, 1.54) is 11.1 Å². The fraction of sp³-hybridized carbons (Fsp3) is 0.217. The third-order valence-corrected chi connectivity index (χ3v) is 5.54. The van der Waals surface area contributed by atoms with Crippen LogP contribution in [0.5, 0.6) is 0 Å². The van der Waals surface area contributed by atoms with Crippen LogP contribution in [0.1, 0.15) is 22.5 Å². The fourth-order valence-electron chi connectivity index (χ4n) is 4.04. The molecule has 0 unspecified atom stereocenters.